The summed E-state index contributed by atoms with van der Waals surface area (Å²) in [6.45, 7) is 4.86. The second kappa shape index (κ2) is 7.22. The molecule has 7 atom stereocenters. The number of fused-ring (bicyclic) bond motifs is 2. The molecule has 6 rings (SSSR count). The van der Waals surface area contributed by atoms with E-state index in [1.54, 1.807) is 19.1 Å². The molecule has 1 N–H and O–H groups in total. The van der Waals surface area contributed by atoms with Gasteiger partial charge in [-0.2, -0.15) is 8.42 Å². The topological polar surface area (TPSA) is 118 Å². The van der Waals surface area contributed by atoms with Crippen molar-refractivity contribution in [1.82, 2.24) is 0 Å². The molecular formula is C22H28O9S. The van der Waals surface area contributed by atoms with Gasteiger partial charge in [-0.1, -0.05) is 24.6 Å². The average Bonchev–Trinajstić information content (AvgIpc) is 2.97. The van der Waals surface area contributed by atoms with E-state index in [0.717, 1.165) is 12.0 Å². The van der Waals surface area contributed by atoms with Crippen LogP contribution in [0.15, 0.2) is 29.2 Å². The van der Waals surface area contributed by atoms with Crippen molar-refractivity contribution < 1.29 is 41.8 Å². The summed E-state index contributed by atoms with van der Waals surface area (Å²) in [5, 5.41) is 11.5. The Morgan fingerprint density at radius 3 is 2.59 bits per heavy atom. The smallest absolute Gasteiger partial charge is 0.343 e. The third-order valence-electron chi connectivity index (χ3n) is 7.61. The fourth-order valence-electron chi connectivity index (χ4n) is 5.75. The minimum absolute atomic E-state index is 0.0622. The number of aryl methyl sites for hydroxylation is 1. The molecule has 1 spiro atoms. The van der Waals surface area contributed by atoms with Crippen LogP contribution in [0.5, 0.6) is 0 Å². The number of carbonyl (C=O) groups excluding carboxylic acids is 1. The normalized spacial score (nSPS) is 43.3. The third kappa shape index (κ3) is 3.15. The van der Waals surface area contributed by atoms with Gasteiger partial charge in [-0.15, -0.1) is 0 Å². The summed E-state index contributed by atoms with van der Waals surface area (Å²) in [6.07, 6.45) is 1.31. The molecule has 5 aliphatic rings. The van der Waals surface area contributed by atoms with E-state index in [2.05, 4.69) is 6.92 Å². The first kappa shape index (κ1) is 22.2. The average molecular weight is 469 g/mol. The molecule has 176 valence electrons. The highest BCUT2D eigenvalue weighted by Gasteiger charge is 2.74. The highest BCUT2D eigenvalue weighted by atomic mass is 32.2. The molecule has 0 radical (unpaired) electrons. The van der Waals surface area contributed by atoms with Crippen molar-refractivity contribution in [3.8, 4) is 0 Å². The number of aliphatic hydroxyl groups is 1. The summed E-state index contributed by atoms with van der Waals surface area (Å²) in [6, 6.07) is 6.12. The van der Waals surface area contributed by atoms with Gasteiger partial charge in [-0.3, -0.25) is 4.18 Å². The predicted molar refractivity (Wildman–Crippen MR) is 108 cm³/mol. The van der Waals surface area contributed by atoms with E-state index in [9.17, 15) is 18.3 Å². The van der Waals surface area contributed by atoms with Crippen LogP contribution in [0.3, 0.4) is 0 Å². The second-order valence-corrected chi connectivity index (χ2v) is 11.3. The maximum Gasteiger partial charge on any atom is 0.343 e. The van der Waals surface area contributed by atoms with Gasteiger partial charge in [-0.25, -0.2) is 14.6 Å². The van der Waals surface area contributed by atoms with Crippen LogP contribution < -0.4 is 0 Å². The zero-order valence-corrected chi connectivity index (χ0v) is 19.1. The van der Waals surface area contributed by atoms with E-state index in [4.69, 9.17) is 23.4 Å². The Morgan fingerprint density at radius 2 is 1.88 bits per heavy atom. The van der Waals surface area contributed by atoms with Crippen LogP contribution in [0.1, 0.15) is 45.1 Å². The SMILES string of the molecule is Cc1ccc(S(=O)(=O)OC[C@]2(O)C(=O)O[C@@H]3O[C@@]4(C)CC[C@H]5[C@H](C)CC[C@@H]2[C@@]35OO4)cc1. The van der Waals surface area contributed by atoms with Gasteiger partial charge in [0.15, 0.2) is 11.2 Å². The minimum Gasteiger partial charge on any atom is -0.430 e. The number of rotatable bonds is 4. The lowest BCUT2D eigenvalue weighted by molar-refractivity contribution is -0.563. The Hall–Kier alpha value is -1.56. The number of carbonyl (C=O) groups is 1. The summed E-state index contributed by atoms with van der Waals surface area (Å²) in [4.78, 5) is 24.5. The highest BCUT2D eigenvalue weighted by molar-refractivity contribution is 7.86. The van der Waals surface area contributed by atoms with Crippen molar-refractivity contribution in [3.63, 3.8) is 0 Å². The van der Waals surface area contributed by atoms with Crippen molar-refractivity contribution in [2.24, 2.45) is 17.8 Å². The van der Waals surface area contributed by atoms with Gasteiger partial charge < -0.3 is 14.6 Å². The zero-order valence-electron chi connectivity index (χ0n) is 18.3. The molecule has 4 saturated heterocycles. The molecule has 5 fully saturated rings. The lowest BCUT2D eigenvalue weighted by Gasteiger charge is -2.59. The number of hydrogen-bond acceptors (Lipinski definition) is 9. The molecule has 4 aliphatic heterocycles. The van der Waals surface area contributed by atoms with Gasteiger partial charge in [0.2, 0.25) is 12.1 Å². The molecule has 2 bridgehead atoms. The number of ether oxygens (including phenoxy) is 2. The molecule has 32 heavy (non-hydrogen) atoms. The number of esters is 1. The van der Waals surface area contributed by atoms with Gasteiger partial charge in [0.25, 0.3) is 10.1 Å². The van der Waals surface area contributed by atoms with Gasteiger partial charge in [0, 0.05) is 18.3 Å². The molecule has 4 heterocycles. The van der Waals surface area contributed by atoms with E-state index >= 15 is 0 Å². The predicted octanol–water partition coefficient (Wildman–Crippen LogP) is 2.20. The summed E-state index contributed by atoms with van der Waals surface area (Å²) in [7, 11) is -4.21. The molecular weight excluding hydrogens is 440 g/mol. The van der Waals surface area contributed by atoms with Crippen LogP contribution in [0.25, 0.3) is 0 Å². The lowest BCUT2D eigenvalue weighted by Crippen LogP contribution is -2.76. The lowest BCUT2D eigenvalue weighted by atomic mass is 9.57. The number of benzene rings is 1. The van der Waals surface area contributed by atoms with Crippen LogP contribution in [-0.4, -0.2) is 49.4 Å². The van der Waals surface area contributed by atoms with Crippen molar-refractivity contribution in [3.05, 3.63) is 29.8 Å². The van der Waals surface area contributed by atoms with Crippen LogP contribution in [0.4, 0.5) is 0 Å². The second-order valence-electron chi connectivity index (χ2n) is 9.72. The van der Waals surface area contributed by atoms with Crippen molar-refractivity contribution in [2.75, 3.05) is 6.61 Å². The standard InChI is InChI=1S/C22H28O9S/c1-13-4-7-15(8-5-13)32(25,26)27-12-21(24)17-9-6-14(2)16-10-11-20(3)29-19(28-18(21)23)22(16,17)31-30-20/h4-5,7-8,14,16-17,19,24H,6,9-12H2,1-3H3/t14-,16+,17+,19-,20-,21-,22-/m1/s1. The Morgan fingerprint density at radius 1 is 1.16 bits per heavy atom. The Kier molecular flexibility index (Phi) is 5.02. The largest absolute Gasteiger partial charge is 0.430 e. The van der Waals surface area contributed by atoms with Gasteiger partial charge in [0.1, 0.15) is 6.61 Å². The molecule has 1 aromatic rings. The van der Waals surface area contributed by atoms with E-state index in [-0.39, 0.29) is 16.7 Å². The first-order chi connectivity index (χ1) is 15.0. The van der Waals surface area contributed by atoms with Crippen molar-refractivity contribution >= 4 is 16.1 Å². The van der Waals surface area contributed by atoms with Crippen LogP contribution >= 0.6 is 0 Å². The maximum atomic E-state index is 13.0. The fourth-order valence-corrected chi connectivity index (χ4v) is 6.69. The van der Waals surface area contributed by atoms with E-state index < -0.39 is 51.9 Å². The number of hydrogen-bond donors (Lipinski definition) is 1. The van der Waals surface area contributed by atoms with Crippen LogP contribution in [0.2, 0.25) is 0 Å². The molecule has 0 unspecified atom stereocenters. The quantitative estimate of drug-likeness (QED) is 0.403. The van der Waals surface area contributed by atoms with Crippen molar-refractivity contribution in [1.29, 1.82) is 0 Å². The summed E-state index contributed by atoms with van der Waals surface area (Å²) in [5.41, 5.74) is -2.59. The first-order valence-corrected chi connectivity index (χ1v) is 12.4. The maximum absolute atomic E-state index is 13.0. The minimum atomic E-state index is -4.21. The van der Waals surface area contributed by atoms with E-state index in [1.807, 2.05) is 6.92 Å². The molecule has 0 amide bonds. The van der Waals surface area contributed by atoms with Crippen LogP contribution in [-0.2, 0) is 38.3 Å². The fraction of sp³-hybridized carbons (Fsp3) is 0.682. The van der Waals surface area contributed by atoms with Gasteiger partial charge in [0.05, 0.1) is 4.90 Å². The molecule has 0 aromatic heterocycles. The molecule has 1 saturated carbocycles. The molecule has 10 heteroatoms. The van der Waals surface area contributed by atoms with E-state index in [0.29, 0.717) is 19.3 Å². The zero-order chi connectivity index (χ0) is 22.9. The first-order valence-electron chi connectivity index (χ1n) is 10.9. The molecule has 1 aromatic carbocycles. The van der Waals surface area contributed by atoms with Gasteiger partial charge >= 0.3 is 5.97 Å². The monoisotopic (exact) mass is 468 g/mol. The third-order valence-corrected chi connectivity index (χ3v) is 8.88. The highest BCUT2D eigenvalue weighted by Crippen LogP contribution is 2.60. The van der Waals surface area contributed by atoms with E-state index in [1.165, 1.54) is 12.1 Å². The Labute approximate surface area is 187 Å². The molecule has 1 aliphatic carbocycles. The van der Waals surface area contributed by atoms with Crippen molar-refractivity contribution in [2.45, 2.75) is 74.6 Å². The summed E-state index contributed by atoms with van der Waals surface area (Å²) < 4.78 is 42.2. The summed E-state index contributed by atoms with van der Waals surface area (Å²) >= 11 is 0. The Bertz CT molecular complexity index is 1020. The Balaban J connectivity index is 1.48. The van der Waals surface area contributed by atoms with Gasteiger partial charge in [-0.05, 0) is 51.2 Å². The molecule has 9 nitrogen and oxygen atoms in total. The van der Waals surface area contributed by atoms with Crippen LogP contribution in [0, 0.1) is 24.7 Å². The summed E-state index contributed by atoms with van der Waals surface area (Å²) in [5.74, 6) is -2.76.